The van der Waals surface area contributed by atoms with Crippen molar-refractivity contribution in [1.82, 2.24) is 39.1 Å². The molecule has 0 fully saturated rings. The van der Waals surface area contributed by atoms with Gasteiger partial charge in [-0.1, -0.05) is 0 Å². The maximum Gasteiger partial charge on any atom is 0.274 e. The summed E-state index contributed by atoms with van der Waals surface area (Å²) in [5.41, 5.74) is 5.83. The molecule has 0 N–H and O–H groups in total. The van der Waals surface area contributed by atoms with Crippen molar-refractivity contribution in [2.75, 3.05) is 7.05 Å². The number of amides is 1. The number of carbonyl (C=O) groups excluding carboxylic acids is 1. The molecule has 0 aliphatic carbocycles. The monoisotopic (exact) mass is 378 g/mol. The first-order chi connectivity index (χ1) is 13.4. The van der Waals surface area contributed by atoms with E-state index in [4.69, 9.17) is 0 Å². The quantitative estimate of drug-likeness (QED) is 0.540. The highest BCUT2D eigenvalue weighted by Crippen LogP contribution is 2.23. The van der Waals surface area contributed by atoms with Gasteiger partial charge >= 0.3 is 0 Å². The van der Waals surface area contributed by atoms with Crippen LogP contribution in [0.25, 0.3) is 16.9 Å². The fourth-order valence-corrected chi connectivity index (χ4v) is 3.18. The normalized spacial score (nSPS) is 11.3. The lowest BCUT2D eigenvalue weighted by molar-refractivity contribution is 0.0778. The summed E-state index contributed by atoms with van der Waals surface area (Å²) in [7, 11) is 5.54. The van der Waals surface area contributed by atoms with Gasteiger partial charge in [0.1, 0.15) is 0 Å². The van der Waals surface area contributed by atoms with Crippen LogP contribution >= 0.6 is 0 Å². The smallest absolute Gasteiger partial charge is 0.274 e. The topological polar surface area (TPSA) is 86.1 Å². The summed E-state index contributed by atoms with van der Waals surface area (Å²) in [6, 6.07) is 3.59. The average molecular weight is 378 g/mol. The second kappa shape index (κ2) is 6.59. The molecule has 4 rings (SSSR count). The van der Waals surface area contributed by atoms with Crippen molar-refractivity contribution in [3.05, 3.63) is 53.4 Å². The maximum absolute atomic E-state index is 12.9. The number of rotatable bonds is 4. The second-order valence-corrected chi connectivity index (χ2v) is 6.94. The summed E-state index contributed by atoms with van der Waals surface area (Å²) < 4.78 is 5.30. The van der Waals surface area contributed by atoms with Gasteiger partial charge in [0.15, 0.2) is 11.3 Å². The molecule has 0 spiro atoms. The van der Waals surface area contributed by atoms with Crippen LogP contribution in [-0.2, 0) is 20.6 Å². The molecule has 4 heterocycles. The molecule has 0 saturated heterocycles. The molecule has 9 heteroatoms. The third-order valence-electron chi connectivity index (χ3n) is 5.18. The highest BCUT2D eigenvalue weighted by Gasteiger charge is 2.20. The van der Waals surface area contributed by atoms with E-state index in [1.165, 1.54) is 0 Å². The molecule has 0 aromatic carbocycles. The Balaban J connectivity index is 1.68. The van der Waals surface area contributed by atoms with Gasteiger partial charge in [0.05, 0.1) is 18.1 Å². The van der Waals surface area contributed by atoms with Crippen LogP contribution in [0.5, 0.6) is 0 Å². The van der Waals surface area contributed by atoms with E-state index in [2.05, 4.69) is 20.3 Å². The van der Waals surface area contributed by atoms with Crippen LogP contribution in [0.3, 0.4) is 0 Å². The van der Waals surface area contributed by atoms with E-state index in [0.717, 1.165) is 28.2 Å². The van der Waals surface area contributed by atoms with Gasteiger partial charge < -0.3 is 4.90 Å². The number of hydrogen-bond donors (Lipinski definition) is 0. The molecule has 1 amide bonds. The first-order valence-corrected chi connectivity index (χ1v) is 8.93. The third kappa shape index (κ3) is 2.84. The number of nitrogens with zero attached hydrogens (tertiary/aromatic N) is 8. The molecule has 0 aliphatic rings. The largest absolute Gasteiger partial charge is 0.336 e. The van der Waals surface area contributed by atoms with E-state index in [-0.39, 0.29) is 5.91 Å². The average Bonchev–Trinajstić information content (AvgIpc) is 3.35. The second-order valence-electron chi connectivity index (χ2n) is 6.94. The molecule has 0 radical (unpaired) electrons. The van der Waals surface area contributed by atoms with Gasteiger partial charge in [-0.2, -0.15) is 15.3 Å². The van der Waals surface area contributed by atoms with E-state index in [1.54, 1.807) is 50.5 Å². The van der Waals surface area contributed by atoms with Crippen molar-refractivity contribution in [1.29, 1.82) is 0 Å². The van der Waals surface area contributed by atoms with Gasteiger partial charge in [0.2, 0.25) is 0 Å². The lowest BCUT2D eigenvalue weighted by Crippen LogP contribution is -2.26. The molecular weight excluding hydrogens is 356 g/mol. The van der Waals surface area contributed by atoms with Crippen molar-refractivity contribution in [2.24, 2.45) is 14.1 Å². The zero-order valence-corrected chi connectivity index (χ0v) is 16.6. The molecule has 4 aromatic heterocycles. The summed E-state index contributed by atoms with van der Waals surface area (Å²) in [4.78, 5) is 18.9. The number of aromatic nitrogens is 7. The Labute approximate surface area is 162 Å². The van der Waals surface area contributed by atoms with Crippen molar-refractivity contribution in [2.45, 2.75) is 20.4 Å². The Bertz CT molecular complexity index is 1180. The minimum atomic E-state index is -0.164. The molecular formula is C19H22N8O. The Morgan fingerprint density at radius 3 is 2.46 bits per heavy atom. The standard InChI is InChI=1S/C19H22N8O/c1-12-14(9-21-25(12)4)11-24(3)19(28)16-8-18-20-7-6-17(27(18)23-16)15-10-22-26(5)13(15)2/h6-10H,11H2,1-5H3. The van der Waals surface area contributed by atoms with Crippen LogP contribution in [0.2, 0.25) is 0 Å². The lowest BCUT2D eigenvalue weighted by Gasteiger charge is -2.15. The Hall–Kier alpha value is -3.49. The lowest BCUT2D eigenvalue weighted by atomic mass is 10.2. The summed E-state index contributed by atoms with van der Waals surface area (Å²) in [5, 5.41) is 13.1. The molecule has 4 aromatic rings. The number of fused-ring (bicyclic) bond motifs is 1. The highest BCUT2D eigenvalue weighted by molar-refractivity contribution is 5.93. The maximum atomic E-state index is 12.9. The molecule has 28 heavy (non-hydrogen) atoms. The van der Waals surface area contributed by atoms with Crippen molar-refractivity contribution in [3.63, 3.8) is 0 Å². The molecule has 0 bridgehead atoms. The third-order valence-corrected chi connectivity index (χ3v) is 5.18. The van der Waals surface area contributed by atoms with E-state index in [9.17, 15) is 4.79 Å². The predicted molar refractivity (Wildman–Crippen MR) is 104 cm³/mol. The number of hydrogen-bond acceptors (Lipinski definition) is 5. The molecule has 9 nitrogen and oxygen atoms in total. The molecule has 0 atom stereocenters. The summed E-state index contributed by atoms with van der Waals surface area (Å²) in [6.07, 6.45) is 5.30. The fourth-order valence-electron chi connectivity index (χ4n) is 3.18. The SMILES string of the molecule is Cc1c(CN(C)C(=O)c2cc3nccc(-c4cnn(C)c4C)n3n2)cnn1C. The van der Waals surface area contributed by atoms with Crippen molar-refractivity contribution in [3.8, 4) is 11.3 Å². The van der Waals surface area contributed by atoms with Crippen molar-refractivity contribution >= 4 is 11.6 Å². The van der Waals surface area contributed by atoms with Crippen LogP contribution in [-0.4, -0.2) is 52.0 Å². The van der Waals surface area contributed by atoms with Gasteiger partial charge in [-0.3, -0.25) is 14.2 Å². The minimum Gasteiger partial charge on any atom is -0.336 e. The molecule has 0 saturated carbocycles. The van der Waals surface area contributed by atoms with Crippen LogP contribution < -0.4 is 0 Å². The van der Waals surface area contributed by atoms with Gasteiger partial charge in [0, 0.05) is 62.5 Å². The molecule has 0 unspecified atom stereocenters. The summed E-state index contributed by atoms with van der Waals surface area (Å²) in [6.45, 7) is 4.44. The fraction of sp³-hybridized carbons (Fsp3) is 0.316. The minimum absolute atomic E-state index is 0.164. The van der Waals surface area contributed by atoms with Gasteiger partial charge in [0.25, 0.3) is 5.91 Å². The van der Waals surface area contributed by atoms with E-state index in [1.807, 2.05) is 34.0 Å². The van der Waals surface area contributed by atoms with Crippen molar-refractivity contribution < 1.29 is 4.79 Å². The van der Waals surface area contributed by atoms with E-state index >= 15 is 0 Å². The number of carbonyl (C=O) groups is 1. The van der Waals surface area contributed by atoms with Crippen LogP contribution in [0, 0.1) is 13.8 Å². The van der Waals surface area contributed by atoms with E-state index < -0.39 is 0 Å². The zero-order valence-electron chi connectivity index (χ0n) is 16.6. The van der Waals surface area contributed by atoms with Gasteiger partial charge in [-0.25, -0.2) is 9.50 Å². The van der Waals surface area contributed by atoms with Crippen LogP contribution in [0.1, 0.15) is 27.4 Å². The summed E-state index contributed by atoms with van der Waals surface area (Å²) >= 11 is 0. The van der Waals surface area contributed by atoms with E-state index in [0.29, 0.717) is 17.9 Å². The molecule has 0 aliphatic heterocycles. The summed E-state index contributed by atoms with van der Waals surface area (Å²) in [5.74, 6) is -0.164. The predicted octanol–water partition coefficient (Wildman–Crippen LogP) is 1.75. The van der Waals surface area contributed by atoms with Gasteiger partial charge in [-0.05, 0) is 19.9 Å². The number of aryl methyl sites for hydroxylation is 2. The molecule has 144 valence electrons. The Morgan fingerprint density at radius 2 is 1.82 bits per heavy atom. The first-order valence-electron chi connectivity index (χ1n) is 8.93. The Kier molecular flexibility index (Phi) is 4.21. The van der Waals surface area contributed by atoms with Crippen LogP contribution in [0.4, 0.5) is 0 Å². The highest BCUT2D eigenvalue weighted by atomic mass is 16.2. The first kappa shape index (κ1) is 17.9. The Morgan fingerprint density at radius 1 is 1.11 bits per heavy atom. The van der Waals surface area contributed by atoms with Crippen LogP contribution in [0.15, 0.2) is 30.7 Å². The zero-order chi connectivity index (χ0) is 20.0. The van der Waals surface area contributed by atoms with Gasteiger partial charge in [-0.15, -0.1) is 0 Å².